The van der Waals surface area contributed by atoms with Gasteiger partial charge in [-0.1, -0.05) is 5.92 Å². The van der Waals surface area contributed by atoms with Crippen molar-refractivity contribution in [2.45, 2.75) is 19.4 Å². The third kappa shape index (κ3) is 3.10. The molecule has 0 unspecified atom stereocenters. The highest BCUT2D eigenvalue weighted by molar-refractivity contribution is 14.1. The lowest BCUT2D eigenvalue weighted by atomic mass is 10.1. The Balaban J connectivity index is 2.99. The van der Waals surface area contributed by atoms with Gasteiger partial charge in [0.2, 0.25) is 0 Å². The highest BCUT2D eigenvalue weighted by Gasteiger charge is 2.16. The normalized spacial score (nSPS) is 10.6. The zero-order valence-corrected chi connectivity index (χ0v) is 11.1. The van der Waals surface area contributed by atoms with E-state index in [1.807, 2.05) is 36.4 Å². The molecule has 0 aliphatic heterocycles. The van der Waals surface area contributed by atoms with Crippen molar-refractivity contribution in [1.82, 2.24) is 0 Å². The van der Waals surface area contributed by atoms with Gasteiger partial charge in [0.15, 0.2) is 0 Å². The van der Waals surface area contributed by atoms with Crippen LogP contribution in [0.2, 0.25) is 0 Å². The van der Waals surface area contributed by atoms with E-state index in [9.17, 15) is 10.1 Å². The SMILES string of the molecule is C#CC(C)(C)Nc1ccc([N+](=O)[O-])c(I)c1. The summed E-state index contributed by atoms with van der Waals surface area (Å²) in [6, 6.07) is 4.83. The summed E-state index contributed by atoms with van der Waals surface area (Å²) in [5.41, 5.74) is 0.404. The number of hydrogen-bond donors (Lipinski definition) is 1. The molecule has 0 fully saturated rings. The monoisotopic (exact) mass is 330 g/mol. The third-order valence-corrected chi connectivity index (χ3v) is 2.83. The number of nitrogens with zero attached hydrogens (tertiary/aromatic N) is 1. The summed E-state index contributed by atoms with van der Waals surface area (Å²) in [7, 11) is 0. The second kappa shape index (κ2) is 4.70. The third-order valence-electron chi connectivity index (χ3n) is 1.96. The first-order valence-corrected chi connectivity index (χ1v) is 5.63. The quantitative estimate of drug-likeness (QED) is 0.401. The summed E-state index contributed by atoms with van der Waals surface area (Å²) >= 11 is 1.93. The number of rotatable bonds is 3. The summed E-state index contributed by atoms with van der Waals surface area (Å²) in [6.45, 7) is 3.72. The van der Waals surface area contributed by atoms with E-state index < -0.39 is 10.5 Å². The largest absolute Gasteiger partial charge is 0.369 e. The second-order valence-corrected chi connectivity index (χ2v) is 4.98. The molecule has 0 heterocycles. The lowest BCUT2D eigenvalue weighted by Gasteiger charge is -2.21. The van der Waals surface area contributed by atoms with Crippen LogP contribution in [-0.4, -0.2) is 10.5 Å². The number of benzene rings is 1. The minimum atomic E-state index is -0.473. The highest BCUT2D eigenvalue weighted by Crippen LogP contribution is 2.25. The first-order valence-electron chi connectivity index (χ1n) is 4.55. The van der Waals surface area contributed by atoms with Gasteiger partial charge in [-0.25, -0.2) is 0 Å². The molecule has 5 heteroatoms. The van der Waals surface area contributed by atoms with Gasteiger partial charge in [-0.2, -0.15) is 0 Å². The second-order valence-electron chi connectivity index (χ2n) is 3.82. The highest BCUT2D eigenvalue weighted by atomic mass is 127. The molecule has 0 aromatic heterocycles. The first kappa shape index (κ1) is 12.8. The molecule has 84 valence electrons. The lowest BCUT2D eigenvalue weighted by molar-refractivity contribution is -0.385. The molecule has 4 nitrogen and oxygen atoms in total. The fourth-order valence-corrected chi connectivity index (χ4v) is 1.84. The van der Waals surface area contributed by atoms with Crippen LogP contribution in [0, 0.1) is 26.0 Å². The van der Waals surface area contributed by atoms with Crippen molar-refractivity contribution in [1.29, 1.82) is 0 Å². The Kier molecular flexibility index (Phi) is 3.75. The average Bonchev–Trinajstić information content (AvgIpc) is 2.16. The van der Waals surface area contributed by atoms with Crippen molar-refractivity contribution >= 4 is 34.0 Å². The minimum Gasteiger partial charge on any atom is -0.369 e. The summed E-state index contributed by atoms with van der Waals surface area (Å²) in [5, 5.41) is 13.7. The molecular formula is C11H11IN2O2. The van der Waals surface area contributed by atoms with Gasteiger partial charge in [0, 0.05) is 11.8 Å². The van der Waals surface area contributed by atoms with Crippen molar-refractivity contribution in [3.8, 4) is 12.3 Å². The minimum absolute atomic E-state index is 0.102. The number of nitro benzene ring substituents is 1. The topological polar surface area (TPSA) is 55.2 Å². The van der Waals surface area contributed by atoms with Gasteiger partial charge >= 0.3 is 0 Å². The van der Waals surface area contributed by atoms with E-state index in [1.54, 1.807) is 12.1 Å². The molecule has 1 aromatic rings. The molecule has 0 bridgehead atoms. The Morgan fingerprint density at radius 2 is 2.19 bits per heavy atom. The van der Waals surface area contributed by atoms with Gasteiger partial charge in [-0.05, 0) is 48.6 Å². The van der Waals surface area contributed by atoms with Crippen LogP contribution in [0.4, 0.5) is 11.4 Å². The van der Waals surface area contributed by atoms with E-state index in [4.69, 9.17) is 6.42 Å². The van der Waals surface area contributed by atoms with E-state index in [0.717, 1.165) is 5.69 Å². The summed E-state index contributed by atoms with van der Waals surface area (Å²) in [4.78, 5) is 10.2. The predicted octanol–water partition coefficient (Wildman–Crippen LogP) is 3.02. The number of nitro groups is 1. The first-order chi connectivity index (χ1) is 7.35. The molecule has 0 atom stereocenters. The fraction of sp³-hybridized carbons (Fsp3) is 0.273. The van der Waals surface area contributed by atoms with Crippen LogP contribution in [0.15, 0.2) is 18.2 Å². The molecule has 0 aliphatic rings. The van der Waals surface area contributed by atoms with E-state index in [0.29, 0.717) is 3.57 Å². The van der Waals surface area contributed by atoms with Crippen LogP contribution in [0.25, 0.3) is 0 Å². The van der Waals surface area contributed by atoms with Crippen molar-refractivity contribution in [2.75, 3.05) is 5.32 Å². The van der Waals surface area contributed by atoms with Crippen molar-refractivity contribution in [3.05, 3.63) is 31.9 Å². The molecule has 16 heavy (non-hydrogen) atoms. The Morgan fingerprint density at radius 3 is 2.62 bits per heavy atom. The van der Waals surface area contributed by atoms with Gasteiger partial charge in [0.25, 0.3) is 5.69 Å². The van der Waals surface area contributed by atoms with E-state index in [1.165, 1.54) is 6.07 Å². The van der Waals surface area contributed by atoms with Crippen LogP contribution in [-0.2, 0) is 0 Å². The Morgan fingerprint density at radius 1 is 1.56 bits per heavy atom. The van der Waals surface area contributed by atoms with E-state index in [-0.39, 0.29) is 5.69 Å². The Labute approximate surface area is 108 Å². The molecule has 0 saturated carbocycles. The number of hydrogen-bond acceptors (Lipinski definition) is 3. The van der Waals surface area contributed by atoms with Gasteiger partial charge in [0.05, 0.1) is 14.0 Å². The predicted molar refractivity (Wildman–Crippen MR) is 72.3 cm³/mol. The summed E-state index contributed by atoms with van der Waals surface area (Å²) in [5.74, 6) is 2.60. The van der Waals surface area contributed by atoms with Crippen molar-refractivity contribution in [2.24, 2.45) is 0 Å². The average molecular weight is 330 g/mol. The van der Waals surface area contributed by atoms with Gasteiger partial charge in [-0.15, -0.1) is 6.42 Å². The number of nitrogens with one attached hydrogen (secondary N) is 1. The van der Waals surface area contributed by atoms with E-state index in [2.05, 4.69) is 11.2 Å². The van der Waals surface area contributed by atoms with Crippen LogP contribution < -0.4 is 5.32 Å². The molecule has 0 amide bonds. The maximum absolute atomic E-state index is 10.6. The van der Waals surface area contributed by atoms with Gasteiger partial charge in [-0.3, -0.25) is 10.1 Å². The standard InChI is InChI=1S/C11H11IN2O2/c1-4-11(2,3)13-8-5-6-10(14(15)16)9(12)7-8/h1,5-7,13H,2-3H3. The fourth-order valence-electron chi connectivity index (χ4n) is 1.13. The lowest BCUT2D eigenvalue weighted by Crippen LogP contribution is -2.28. The molecule has 1 N–H and O–H groups in total. The maximum Gasteiger partial charge on any atom is 0.282 e. The van der Waals surface area contributed by atoms with Gasteiger partial charge < -0.3 is 5.32 Å². The summed E-state index contributed by atoms with van der Waals surface area (Å²) < 4.78 is 0.584. The molecule has 1 rings (SSSR count). The zero-order valence-electron chi connectivity index (χ0n) is 8.95. The van der Waals surface area contributed by atoms with Crippen LogP contribution in [0.5, 0.6) is 0 Å². The Bertz CT molecular complexity index is 464. The molecular weight excluding hydrogens is 319 g/mol. The number of terminal acetylenes is 1. The van der Waals surface area contributed by atoms with Crippen molar-refractivity contribution in [3.63, 3.8) is 0 Å². The van der Waals surface area contributed by atoms with Gasteiger partial charge in [0.1, 0.15) is 0 Å². The van der Waals surface area contributed by atoms with Crippen molar-refractivity contribution < 1.29 is 4.92 Å². The summed E-state index contributed by atoms with van der Waals surface area (Å²) in [6.07, 6.45) is 5.35. The molecule has 0 saturated heterocycles. The molecule has 0 spiro atoms. The van der Waals surface area contributed by atoms with E-state index >= 15 is 0 Å². The van der Waals surface area contributed by atoms with Crippen LogP contribution in [0.1, 0.15) is 13.8 Å². The Hall–Kier alpha value is -1.29. The molecule has 0 radical (unpaired) electrons. The van der Waals surface area contributed by atoms with Crippen LogP contribution in [0.3, 0.4) is 0 Å². The smallest absolute Gasteiger partial charge is 0.282 e. The maximum atomic E-state index is 10.6. The van der Waals surface area contributed by atoms with Crippen LogP contribution >= 0.6 is 22.6 Å². The zero-order chi connectivity index (χ0) is 12.3. The molecule has 0 aliphatic carbocycles. The molecule has 1 aromatic carbocycles. The number of halogens is 1. The number of anilines is 1.